The van der Waals surface area contributed by atoms with Crippen molar-refractivity contribution in [2.45, 2.75) is 26.9 Å². The van der Waals surface area contributed by atoms with Crippen LogP contribution in [-0.2, 0) is 14.4 Å². The number of fused-ring (bicyclic) bond motifs is 1. The van der Waals surface area contributed by atoms with Gasteiger partial charge in [-0.3, -0.25) is 29.4 Å². The molecule has 1 heterocycles. The molecule has 2 aromatic rings. The van der Waals surface area contributed by atoms with Crippen LogP contribution in [0.15, 0.2) is 42.5 Å². The van der Waals surface area contributed by atoms with Crippen molar-refractivity contribution in [2.24, 2.45) is 5.92 Å². The van der Waals surface area contributed by atoms with E-state index in [-0.39, 0.29) is 29.7 Å². The smallest absolute Gasteiger partial charge is 0.271 e. The number of ether oxygens (including phenoxy) is 1. The average Bonchev–Trinajstić information content (AvgIpc) is 2.70. The largest absolute Gasteiger partial charge is 0.478 e. The Hall–Kier alpha value is -3.95. The second-order valence-corrected chi connectivity index (χ2v) is 7.42. The molecule has 31 heavy (non-hydrogen) atoms. The van der Waals surface area contributed by atoms with Crippen LogP contribution in [0.5, 0.6) is 5.75 Å². The van der Waals surface area contributed by atoms with Gasteiger partial charge >= 0.3 is 0 Å². The Bertz CT molecular complexity index is 1030. The van der Waals surface area contributed by atoms with Crippen LogP contribution in [-0.4, -0.2) is 35.3 Å². The van der Waals surface area contributed by atoms with Crippen LogP contribution >= 0.6 is 0 Å². The van der Waals surface area contributed by atoms with Gasteiger partial charge in [-0.15, -0.1) is 0 Å². The zero-order chi connectivity index (χ0) is 22.7. The van der Waals surface area contributed by atoms with Crippen LogP contribution < -0.4 is 20.3 Å². The molecule has 0 radical (unpaired) electrons. The maximum Gasteiger partial charge on any atom is 0.271 e. The fraction of sp³-hybridized carbons (Fsp3) is 0.286. The highest BCUT2D eigenvalue weighted by atomic mass is 16.6. The van der Waals surface area contributed by atoms with Gasteiger partial charge in [0.25, 0.3) is 11.6 Å². The lowest BCUT2D eigenvalue weighted by molar-refractivity contribution is -0.384. The van der Waals surface area contributed by atoms with E-state index in [2.05, 4.69) is 10.6 Å². The standard InChI is InChI=1S/C21H22N4O6/c1-12(2)20-21(28)24(17-10-16(25(29)30)8-9-18(17)31-20)11-19(27)23-15-6-4-14(5-7-15)22-13(3)26/h4-10,12,20H,11H2,1-3H3,(H,22,26)(H,23,27). The van der Waals surface area contributed by atoms with Crippen molar-refractivity contribution >= 4 is 40.5 Å². The number of hydrogen-bond donors (Lipinski definition) is 2. The summed E-state index contributed by atoms with van der Waals surface area (Å²) < 4.78 is 5.74. The Balaban J connectivity index is 1.82. The molecule has 0 spiro atoms. The predicted molar refractivity (Wildman–Crippen MR) is 114 cm³/mol. The molecular formula is C21H22N4O6. The fourth-order valence-corrected chi connectivity index (χ4v) is 3.16. The Labute approximate surface area is 178 Å². The van der Waals surface area contributed by atoms with Gasteiger partial charge in [-0.1, -0.05) is 13.8 Å². The van der Waals surface area contributed by atoms with Gasteiger partial charge in [0.15, 0.2) is 6.10 Å². The highest BCUT2D eigenvalue weighted by molar-refractivity contribution is 6.06. The highest BCUT2D eigenvalue weighted by Gasteiger charge is 2.38. The fourth-order valence-electron chi connectivity index (χ4n) is 3.16. The monoisotopic (exact) mass is 426 g/mol. The van der Waals surface area contributed by atoms with Crippen LogP contribution in [0.2, 0.25) is 0 Å². The van der Waals surface area contributed by atoms with Crippen molar-refractivity contribution in [1.82, 2.24) is 0 Å². The summed E-state index contributed by atoms with van der Waals surface area (Å²) in [6, 6.07) is 10.4. The lowest BCUT2D eigenvalue weighted by atomic mass is 10.0. The molecule has 10 heteroatoms. The Morgan fingerprint density at radius 2 is 1.74 bits per heavy atom. The minimum Gasteiger partial charge on any atom is -0.478 e. The summed E-state index contributed by atoms with van der Waals surface area (Å²) in [5.41, 5.74) is 1.01. The number of carbonyl (C=O) groups is 3. The molecule has 0 aromatic heterocycles. The van der Waals surface area contributed by atoms with E-state index >= 15 is 0 Å². The normalized spacial score (nSPS) is 15.2. The van der Waals surface area contributed by atoms with E-state index in [0.717, 1.165) is 0 Å². The number of amides is 3. The van der Waals surface area contributed by atoms with Crippen molar-refractivity contribution in [3.05, 3.63) is 52.6 Å². The molecule has 162 valence electrons. The molecule has 0 aliphatic carbocycles. The number of nitrogens with one attached hydrogen (secondary N) is 2. The molecule has 0 saturated heterocycles. The van der Waals surface area contributed by atoms with Gasteiger partial charge in [-0.25, -0.2) is 0 Å². The molecule has 1 aliphatic heterocycles. The van der Waals surface area contributed by atoms with E-state index in [1.165, 1.54) is 30.0 Å². The summed E-state index contributed by atoms with van der Waals surface area (Å²) in [6.07, 6.45) is -0.807. The lowest BCUT2D eigenvalue weighted by Crippen LogP contribution is -2.50. The van der Waals surface area contributed by atoms with Gasteiger partial charge in [-0.2, -0.15) is 0 Å². The summed E-state index contributed by atoms with van der Waals surface area (Å²) >= 11 is 0. The third kappa shape index (κ3) is 4.97. The number of rotatable bonds is 6. The quantitative estimate of drug-likeness (QED) is 0.539. The minimum absolute atomic E-state index is 0.164. The third-order valence-corrected chi connectivity index (χ3v) is 4.60. The number of carbonyl (C=O) groups excluding carboxylic acids is 3. The summed E-state index contributed by atoms with van der Waals surface area (Å²) in [4.78, 5) is 48.5. The van der Waals surface area contributed by atoms with Gasteiger partial charge in [0.05, 0.1) is 10.6 Å². The van der Waals surface area contributed by atoms with E-state index in [1.807, 2.05) is 13.8 Å². The van der Waals surface area contributed by atoms with Crippen molar-refractivity contribution in [1.29, 1.82) is 0 Å². The zero-order valence-corrected chi connectivity index (χ0v) is 17.2. The SMILES string of the molecule is CC(=O)Nc1ccc(NC(=O)CN2C(=O)C(C(C)C)Oc3ccc([N+](=O)[O-])cc32)cc1. The maximum atomic E-state index is 13.0. The molecule has 0 saturated carbocycles. The third-order valence-electron chi connectivity index (χ3n) is 4.60. The van der Waals surface area contributed by atoms with E-state index in [0.29, 0.717) is 17.1 Å². The maximum absolute atomic E-state index is 13.0. The van der Waals surface area contributed by atoms with Gasteiger partial charge in [0.2, 0.25) is 11.8 Å². The Morgan fingerprint density at radius 1 is 1.13 bits per heavy atom. The highest BCUT2D eigenvalue weighted by Crippen LogP contribution is 2.38. The van der Waals surface area contributed by atoms with Crippen LogP contribution in [0.4, 0.5) is 22.7 Å². The number of nitrogens with zero attached hydrogens (tertiary/aromatic N) is 2. The molecule has 3 amide bonds. The summed E-state index contributed by atoms with van der Waals surface area (Å²) in [6.45, 7) is 4.68. The van der Waals surface area contributed by atoms with Crippen LogP contribution in [0.1, 0.15) is 20.8 Å². The van der Waals surface area contributed by atoms with Gasteiger partial charge in [0, 0.05) is 30.4 Å². The molecule has 0 bridgehead atoms. The minimum atomic E-state index is -0.807. The number of nitro groups is 1. The van der Waals surface area contributed by atoms with Crippen molar-refractivity contribution in [3.8, 4) is 5.75 Å². The summed E-state index contributed by atoms with van der Waals surface area (Å²) in [5.74, 6) is -1.00. The number of benzene rings is 2. The van der Waals surface area contributed by atoms with Crippen molar-refractivity contribution in [2.75, 3.05) is 22.1 Å². The van der Waals surface area contributed by atoms with E-state index in [9.17, 15) is 24.5 Å². The molecule has 3 rings (SSSR count). The summed E-state index contributed by atoms with van der Waals surface area (Å²) in [7, 11) is 0. The first-order valence-electron chi connectivity index (χ1n) is 9.59. The molecule has 2 N–H and O–H groups in total. The molecule has 10 nitrogen and oxygen atoms in total. The molecular weight excluding hydrogens is 404 g/mol. The van der Waals surface area contributed by atoms with Gasteiger partial charge in [-0.05, 0) is 36.2 Å². The van der Waals surface area contributed by atoms with Gasteiger partial charge < -0.3 is 15.4 Å². The Morgan fingerprint density at radius 3 is 2.29 bits per heavy atom. The van der Waals surface area contributed by atoms with Crippen LogP contribution in [0.3, 0.4) is 0 Å². The van der Waals surface area contributed by atoms with E-state index < -0.39 is 22.8 Å². The first-order valence-corrected chi connectivity index (χ1v) is 9.59. The van der Waals surface area contributed by atoms with Gasteiger partial charge in [0.1, 0.15) is 12.3 Å². The van der Waals surface area contributed by atoms with Crippen LogP contribution in [0, 0.1) is 16.0 Å². The molecule has 1 unspecified atom stereocenters. The Kier molecular flexibility index (Phi) is 6.19. The number of hydrogen-bond acceptors (Lipinski definition) is 6. The second-order valence-electron chi connectivity index (χ2n) is 7.42. The predicted octanol–water partition coefficient (Wildman–Crippen LogP) is 2.94. The molecule has 0 fully saturated rings. The average molecular weight is 426 g/mol. The van der Waals surface area contributed by atoms with Crippen molar-refractivity contribution in [3.63, 3.8) is 0 Å². The first kappa shape index (κ1) is 21.8. The molecule has 1 atom stereocenters. The number of nitro benzene ring substituents is 1. The molecule has 1 aliphatic rings. The number of anilines is 3. The van der Waals surface area contributed by atoms with E-state index in [4.69, 9.17) is 4.74 Å². The summed E-state index contributed by atoms with van der Waals surface area (Å²) in [5, 5.41) is 16.5. The second kappa shape index (κ2) is 8.82. The zero-order valence-electron chi connectivity index (χ0n) is 17.2. The van der Waals surface area contributed by atoms with Crippen molar-refractivity contribution < 1.29 is 24.0 Å². The number of non-ortho nitro benzene ring substituents is 1. The lowest BCUT2D eigenvalue weighted by Gasteiger charge is -2.35. The molecule has 2 aromatic carbocycles. The topological polar surface area (TPSA) is 131 Å². The van der Waals surface area contributed by atoms with E-state index in [1.54, 1.807) is 24.3 Å². The first-order chi connectivity index (χ1) is 14.7. The van der Waals surface area contributed by atoms with Crippen LogP contribution in [0.25, 0.3) is 0 Å².